The van der Waals surface area contributed by atoms with Crippen molar-refractivity contribution in [2.75, 3.05) is 0 Å². The monoisotopic (exact) mass is 578 g/mol. The molecule has 0 unspecified atom stereocenters. The van der Waals surface area contributed by atoms with Crippen LogP contribution < -0.4 is 9.47 Å². The van der Waals surface area contributed by atoms with E-state index in [1.54, 1.807) is 13.8 Å². The highest BCUT2D eigenvalue weighted by molar-refractivity contribution is 7.98. The normalized spacial score (nSPS) is 11.9. The molecular formula is C28H26F4N2O3S2. The van der Waals surface area contributed by atoms with Crippen LogP contribution >= 0.6 is 23.1 Å². The fourth-order valence-corrected chi connectivity index (χ4v) is 6.10. The maximum atomic E-state index is 13.0. The van der Waals surface area contributed by atoms with Crippen LogP contribution in [0, 0.1) is 13.8 Å². The molecule has 0 aliphatic rings. The molecule has 4 aromatic rings. The van der Waals surface area contributed by atoms with E-state index in [0.717, 1.165) is 37.8 Å². The van der Waals surface area contributed by atoms with Gasteiger partial charge in [-0.3, -0.25) is 0 Å². The van der Waals surface area contributed by atoms with Crippen LogP contribution in [0.1, 0.15) is 36.4 Å². The smallest absolute Gasteiger partial charge is 0.387 e. The van der Waals surface area contributed by atoms with E-state index < -0.39 is 30.3 Å². The molecule has 2 aromatic carbocycles. The van der Waals surface area contributed by atoms with Crippen molar-refractivity contribution in [1.82, 2.24) is 9.97 Å². The van der Waals surface area contributed by atoms with Gasteiger partial charge in [-0.2, -0.15) is 17.6 Å². The number of benzene rings is 2. The zero-order chi connectivity index (χ0) is 28.3. The predicted molar refractivity (Wildman–Crippen MR) is 145 cm³/mol. The van der Waals surface area contributed by atoms with Gasteiger partial charge >= 0.3 is 13.2 Å². The molecule has 0 saturated heterocycles. The van der Waals surface area contributed by atoms with Crippen LogP contribution in [0.5, 0.6) is 11.5 Å². The number of aryl methyl sites for hydroxylation is 2. The van der Waals surface area contributed by atoms with Crippen LogP contribution in [0.15, 0.2) is 59.8 Å². The molecular weight excluding hydrogens is 552 g/mol. The van der Waals surface area contributed by atoms with Crippen molar-refractivity contribution in [2.45, 2.75) is 57.4 Å². The van der Waals surface area contributed by atoms with E-state index in [-0.39, 0.29) is 0 Å². The molecule has 2 heterocycles. The fourth-order valence-electron chi connectivity index (χ4n) is 3.90. The van der Waals surface area contributed by atoms with Crippen molar-refractivity contribution in [3.8, 4) is 32.4 Å². The number of thioether (sulfide) groups is 1. The molecule has 0 amide bonds. The summed E-state index contributed by atoms with van der Waals surface area (Å²) in [6.45, 7) is 0.815. The molecule has 0 fully saturated rings. The number of ether oxygens (including phenoxy) is 2. The average Bonchev–Trinajstić information content (AvgIpc) is 3.26. The number of rotatable bonds is 10. The lowest BCUT2D eigenvalue weighted by Gasteiger charge is -2.17. The Labute approximate surface area is 231 Å². The van der Waals surface area contributed by atoms with Gasteiger partial charge in [-0.25, -0.2) is 9.97 Å². The Hall–Kier alpha value is -3.15. The van der Waals surface area contributed by atoms with Gasteiger partial charge in [-0.15, -0.1) is 11.3 Å². The van der Waals surface area contributed by atoms with Gasteiger partial charge in [0, 0.05) is 26.9 Å². The molecule has 0 bridgehead atoms. The number of nitrogens with zero attached hydrogens (tertiary/aromatic N) is 2. The van der Waals surface area contributed by atoms with E-state index in [0.29, 0.717) is 16.5 Å². The second kappa shape index (κ2) is 11.9. The summed E-state index contributed by atoms with van der Waals surface area (Å²) in [5.74, 6) is -0.433. The van der Waals surface area contributed by atoms with Gasteiger partial charge in [-0.05, 0) is 80.3 Å². The van der Waals surface area contributed by atoms with Crippen molar-refractivity contribution in [1.29, 1.82) is 0 Å². The molecule has 4 rings (SSSR count). The van der Waals surface area contributed by atoms with E-state index >= 15 is 0 Å². The summed E-state index contributed by atoms with van der Waals surface area (Å²) in [6, 6.07) is 15.3. The van der Waals surface area contributed by atoms with Gasteiger partial charge in [0.1, 0.15) is 0 Å². The highest BCUT2D eigenvalue weighted by Gasteiger charge is 2.20. The Balaban J connectivity index is 1.74. The molecule has 0 spiro atoms. The third kappa shape index (κ3) is 7.49. The van der Waals surface area contributed by atoms with Crippen molar-refractivity contribution in [2.24, 2.45) is 0 Å². The van der Waals surface area contributed by atoms with Gasteiger partial charge in [-0.1, -0.05) is 36.0 Å². The van der Waals surface area contributed by atoms with Crippen molar-refractivity contribution >= 4 is 23.1 Å². The van der Waals surface area contributed by atoms with Crippen LogP contribution in [0.2, 0.25) is 0 Å². The Morgan fingerprint density at radius 2 is 1.44 bits per heavy atom. The Bertz CT molecular complexity index is 1420. The molecule has 5 nitrogen and oxygen atoms in total. The van der Waals surface area contributed by atoms with E-state index in [9.17, 15) is 22.7 Å². The highest BCUT2D eigenvalue weighted by atomic mass is 32.2. The van der Waals surface area contributed by atoms with Gasteiger partial charge < -0.3 is 14.6 Å². The molecule has 11 heteroatoms. The molecule has 0 aliphatic carbocycles. The maximum Gasteiger partial charge on any atom is 0.387 e. The van der Waals surface area contributed by atoms with E-state index in [1.165, 1.54) is 41.3 Å². The second-order valence-electron chi connectivity index (χ2n) is 9.24. The second-order valence-corrected chi connectivity index (χ2v) is 11.2. The summed E-state index contributed by atoms with van der Waals surface area (Å²) in [7, 11) is 0. The van der Waals surface area contributed by atoms with E-state index in [2.05, 4.69) is 19.4 Å². The summed E-state index contributed by atoms with van der Waals surface area (Å²) in [5.41, 5.74) is 3.83. The standard InChI is InChI=1S/C28H26F4N2O3S2/c1-15-11-16(2)34-27(33-15)38-14-19-13-23(39-24(19)17-5-8-20(9-6-17)28(3,4)35)18-7-10-21(36-25(29)30)22(12-18)37-26(31)32/h5-13,25-26,35H,14H2,1-4H3. The summed E-state index contributed by atoms with van der Waals surface area (Å²) < 4.78 is 60.4. The van der Waals surface area contributed by atoms with Crippen LogP contribution in [0.3, 0.4) is 0 Å². The summed E-state index contributed by atoms with van der Waals surface area (Å²) >= 11 is 2.88. The van der Waals surface area contributed by atoms with Gasteiger partial charge in [0.2, 0.25) is 0 Å². The third-order valence-electron chi connectivity index (χ3n) is 5.64. The molecule has 0 saturated carbocycles. The van der Waals surface area contributed by atoms with Crippen molar-refractivity contribution in [3.05, 3.63) is 77.1 Å². The first-order valence-electron chi connectivity index (χ1n) is 11.8. The summed E-state index contributed by atoms with van der Waals surface area (Å²) in [5, 5.41) is 11.0. The maximum absolute atomic E-state index is 13.0. The minimum Gasteiger partial charge on any atom is -0.431 e. The molecule has 206 valence electrons. The molecule has 1 N–H and O–H groups in total. The molecule has 39 heavy (non-hydrogen) atoms. The number of hydrogen-bond donors (Lipinski definition) is 1. The minimum atomic E-state index is -3.21. The lowest BCUT2D eigenvalue weighted by molar-refractivity contribution is -0.0691. The molecule has 2 aromatic heterocycles. The largest absolute Gasteiger partial charge is 0.431 e. The van der Waals surface area contributed by atoms with Crippen molar-refractivity contribution < 1.29 is 32.1 Å². The Kier molecular flexibility index (Phi) is 8.83. The Morgan fingerprint density at radius 3 is 2.03 bits per heavy atom. The number of halogens is 4. The van der Waals surface area contributed by atoms with E-state index in [4.69, 9.17) is 0 Å². The van der Waals surface area contributed by atoms with Gasteiger partial charge in [0.25, 0.3) is 0 Å². The topological polar surface area (TPSA) is 64.5 Å². The van der Waals surface area contributed by atoms with Crippen molar-refractivity contribution in [3.63, 3.8) is 0 Å². The zero-order valence-corrected chi connectivity index (χ0v) is 23.2. The lowest BCUT2D eigenvalue weighted by atomic mass is 9.97. The zero-order valence-electron chi connectivity index (χ0n) is 21.5. The van der Waals surface area contributed by atoms with Crippen LogP contribution in [-0.4, -0.2) is 28.3 Å². The van der Waals surface area contributed by atoms with E-state index in [1.807, 2.05) is 50.2 Å². The number of aliphatic hydroxyl groups is 1. The number of thiophene rings is 1. The minimum absolute atomic E-state index is 0.476. The fraction of sp³-hybridized carbons (Fsp3) is 0.286. The first kappa shape index (κ1) is 28.8. The van der Waals surface area contributed by atoms with Gasteiger partial charge in [0.15, 0.2) is 16.7 Å². The predicted octanol–water partition coefficient (Wildman–Crippen LogP) is 8.21. The third-order valence-corrected chi connectivity index (χ3v) is 7.81. The van der Waals surface area contributed by atoms with Gasteiger partial charge in [0.05, 0.1) is 5.60 Å². The Morgan fingerprint density at radius 1 is 0.846 bits per heavy atom. The number of alkyl halides is 4. The SMILES string of the molecule is Cc1cc(C)nc(SCc2cc(-c3ccc(OC(F)F)c(OC(F)F)c3)sc2-c2ccc(C(C)(C)O)cc2)n1. The first-order chi connectivity index (χ1) is 18.4. The lowest BCUT2D eigenvalue weighted by Crippen LogP contribution is -2.14. The summed E-state index contributed by atoms with van der Waals surface area (Å²) in [6.07, 6.45) is 0. The quantitative estimate of drug-likeness (QED) is 0.116. The van der Waals surface area contributed by atoms with Crippen LogP contribution in [0.4, 0.5) is 17.6 Å². The number of aromatic nitrogens is 2. The first-order valence-corrected chi connectivity index (χ1v) is 13.6. The highest BCUT2D eigenvalue weighted by Crippen LogP contribution is 2.43. The number of hydrogen-bond acceptors (Lipinski definition) is 7. The van der Waals surface area contributed by atoms with Crippen LogP contribution in [-0.2, 0) is 11.4 Å². The molecule has 0 atom stereocenters. The average molecular weight is 579 g/mol. The summed E-state index contributed by atoms with van der Waals surface area (Å²) in [4.78, 5) is 10.6. The van der Waals surface area contributed by atoms with Crippen LogP contribution in [0.25, 0.3) is 20.9 Å². The molecule has 0 aliphatic heterocycles. The molecule has 0 radical (unpaired) electrons.